The average Bonchev–Trinajstić information content (AvgIpc) is 3.55. The number of fused-ring (bicyclic) bond motifs is 1. The Balaban J connectivity index is 1.36. The first-order chi connectivity index (χ1) is 19.8. The summed E-state index contributed by atoms with van der Waals surface area (Å²) in [6.07, 6.45) is 5.33. The third-order valence-electron chi connectivity index (χ3n) is 7.17. The Morgan fingerprint density at radius 1 is 1.22 bits per heavy atom. The van der Waals surface area contributed by atoms with Crippen LogP contribution in [-0.2, 0) is 17.3 Å². The maximum atomic E-state index is 13.9. The van der Waals surface area contributed by atoms with Gasteiger partial charge in [0, 0.05) is 43.0 Å². The van der Waals surface area contributed by atoms with Crippen molar-refractivity contribution in [1.82, 2.24) is 29.5 Å². The third kappa shape index (κ3) is 6.20. The van der Waals surface area contributed by atoms with Crippen LogP contribution in [0.3, 0.4) is 0 Å². The summed E-state index contributed by atoms with van der Waals surface area (Å²) in [5.41, 5.74) is 7.17. The summed E-state index contributed by atoms with van der Waals surface area (Å²) in [6.45, 7) is 3.85. The van der Waals surface area contributed by atoms with Crippen molar-refractivity contribution >= 4 is 23.1 Å². The topological polar surface area (TPSA) is 124 Å². The Morgan fingerprint density at radius 2 is 2.05 bits per heavy atom. The largest absolute Gasteiger partial charge is 0.435 e. The summed E-state index contributed by atoms with van der Waals surface area (Å²) in [4.78, 5) is 21.5. The molecule has 0 unspecified atom stereocenters. The normalized spacial score (nSPS) is 13.9. The fraction of sp³-hybridized carbons (Fsp3) is 0.429. The van der Waals surface area contributed by atoms with E-state index in [-0.39, 0.29) is 23.2 Å². The van der Waals surface area contributed by atoms with Crippen LogP contribution >= 0.6 is 0 Å². The zero-order valence-corrected chi connectivity index (χ0v) is 22.7. The number of aryl methyl sites for hydroxylation is 1. The van der Waals surface area contributed by atoms with Crippen LogP contribution in [0.25, 0.3) is 16.9 Å². The van der Waals surface area contributed by atoms with Crippen molar-refractivity contribution in [2.24, 2.45) is 5.73 Å². The number of nitrogens with zero attached hydrogens (tertiary/aromatic N) is 5. The van der Waals surface area contributed by atoms with Crippen molar-refractivity contribution in [2.75, 3.05) is 31.6 Å². The molecule has 0 bridgehead atoms. The summed E-state index contributed by atoms with van der Waals surface area (Å²) < 4.78 is 50.2. The molecule has 0 radical (unpaired) electrons. The fourth-order valence-corrected chi connectivity index (χ4v) is 4.78. The highest BCUT2D eigenvalue weighted by atomic mass is 19.4. The minimum Gasteiger partial charge on any atom is -0.380 e. The van der Waals surface area contributed by atoms with E-state index in [1.54, 1.807) is 22.7 Å². The average molecular weight is 571 g/mol. The number of alkyl halides is 3. The lowest BCUT2D eigenvalue weighted by Crippen LogP contribution is -2.28. The van der Waals surface area contributed by atoms with Gasteiger partial charge in [-0.3, -0.25) is 13.9 Å². The lowest BCUT2D eigenvalue weighted by atomic mass is 9.93. The maximum Gasteiger partial charge on any atom is 0.435 e. The first kappa shape index (κ1) is 28.6. The van der Waals surface area contributed by atoms with E-state index in [9.17, 15) is 18.0 Å². The van der Waals surface area contributed by atoms with Gasteiger partial charge in [0.2, 0.25) is 0 Å². The highest BCUT2D eigenvalue weighted by molar-refractivity contribution is 5.96. The molecule has 0 aliphatic heterocycles. The molecule has 0 atom stereocenters. The first-order valence-corrected chi connectivity index (χ1v) is 13.7. The van der Waals surface area contributed by atoms with E-state index < -0.39 is 11.9 Å². The van der Waals surface area contributed by atoms with Crippen LogP contribution in [-0.4, -0.2) is 56.4 Å². The number of hydrogen-bond acceptors (Lipinski definition) is 7. The van der Waals surface area contributed by atoms with Crippen LogP contribution in [0.2, 0.25) is 0 Å². The predicted molar refractivity (Wildman–Crippen MR) is 148 cm³/mol. The monoisotopic (exact) mass is 570 g/mol. The Labute approximate surface area is 235 Å². The number of nitrogens with one attached hydrogen (secondary N) is 2. The van der Waals surface area contributed by atoms with E-state index in [1.807, 2.05) is 13.0 Å². The molecule has 10 nitrogen and oxygen atoms in total. The Morgan fingerprint density at radius 3 is 2.76 bits per heavy atom. The number of rotatable bonds is 12. The molecule has 4 aromatic rings. The van der Waals surface area contributed by atoms with Crippen molar-refractivity contribution in [3.05, 3.63) is 59.8 Å². The third-order valence-corrected chi connectivity index (χ3v) is 7.17. The minimum absolute atomic E-state index is 0.0181. The number of ether oxygens (including phenoxy) is 1. The van der Waals surface area contributed by atoms with E-state index in [1.165, 1.54) is 23.3 Å². The van der Waals surface area contributed by atoms with Gasteiger partial charge in [0.1, 0.15) is 0 Å². The molecular formula is C28H33F3N8O2. The maximum absolute atomic E-state index is 13.9. The second-order valence-corrected chi connectivity index (χ2v) is 9.93. The highest BCUT2D eigenvalue weighted by Gasteiger charge is 2.39. The lowest BCUT2D eigenvalue weighted by Gasteiger charge is -2.25. The molecule has 1 amide bonds. The van der Waals surface area contributed by atoms with Gasteiger partial charge in [-0.1, -0.05) is 6.92 Å². The molecule has 1 aliphatic carbocycles. The quantitative estimate of drug-likeness (QED) is 0.210. The Kier molecular flexibility index (Phi) is 8.54. The molecule has 41 heavy (non-hydrogen) atoms. The van der Waals surface area contributed by atoms with Crippen molar-refractivity contribution in [1.29, 1.82) is 0 Å². The molecule has 4 N–H and O–H groups in total. The number of imidazole rings is 1. The second-order valence-electron chi connectivity index (χ2n) is 9.93. The van der Waals surface area contributed by atoms with E-state index in [2.05, 4.69) is 25.7 Å². The summed E-state index contributed by atoms with van der Waals surface area (Å²) in [5.74, 6) is 0.171. The molecule has 1 aliphatic rings. The molecule has 0 spiro atoms. The minimum atomic E-state index is -4.61. The molecule has 3 heterocycles. The number of hydrogen-bond donors (Lipinski definition) is 3. The second kappa shape index (κ2) is 12.3. The molecule has 13 heteroatoms. The van der Waals surface area contributed by atoms with Gasteiger partial charge in [-0.15, -0.1) is 0 Å². The molecule has 0 saturated heterocycles. The summed E-state index contributed by atoms with van der Waals surface area (Å²) in [6, 6.07) is 5.32. The number of halogens is 3. The van der Waals surface area contributed by atoms with Gasteiger partial charge in [0.05, 0.1) is 30.1 Å². The van der Waals surface area contributed by atoms with Crippen molar-refractivity contribution in [3.63, 3.8) is 0 Å². The zero-order chi connectivity index (χ0) is 29.0. The number of nitrogens with two attached hydrogens (primary N) is 1. The van der Waals surface area contributed by atoms with E-state index in [4.69, 9.17) is 10.5 Å². The van der Waals surface area contributed by atoms with E-state index in [0.717, 1.165) is 31.2 Å². The van der Waals surface area contributed by atoms with Crippen molar-refractivity contribution in [2.45, 2.75) is 51.2 Å². The zero-order valence-electron chi connectivity index (χ0n) is 22.7. The van der Waals surface area contributed by atoms with Crippen LogP contribution in [0.1, 0.15) is 60.3 Å². The highest BCUT2D eigenvalue weighted by Crippen LogP contribution is 2.40. The van der Waals surface area contributed by atoms with Crippen LogP contribution in [0.15, 0.2) is 43.0 Å². The van der Waals surface area contributed by atoms with Gasteiger partial charge >= 0.3 is 6.18 Å². The van der Waals surface area contributed by atoms with Gasteiger partial charge in [-0.2, -0.15) is 18.3 Å². The summed E-state index contributed by atoms with van der Waals surface area (Å²) >= 11 is 0. The number of amides is 1. The Hall–Kier alpha value is -3.97. The van der Waals surface area contributed by atoms with Crippen molar-refractivity contribution < 1.29 is 22.7 Å². The van der Waals surface area contributed by atoms with Gasteiger partial charge in [-0.25, -0.2) is 9.97 Å². The molecule has 218 valence electrons. The molecule has 1 fully saturated rings. The number of carbonyl (C=O) groups excluding carboxylic acids is 1. The number of anilines is 2. The van der Waals surface area contributed by atoms with Crippen LogP contribution in [0.4, 0.5) is 24.7 Å². The first-order valence-electron chi connectivity index (χ1n) is 13.7. The van der Waals surface area contributed by atoms with E-state index >= 15 is 0 Å². The molecule has 5 rings (SSSR count). The number of carbonyl (C=O) groups is 1. The molecule has 3 aromatic heterocycles. The van der Waals surface area contributed by atoms with Gasteiger partial charge < -0.3 is 21.1 Å². The van der Waals surface area contributed by atoms with Crippen molar-refractivity contribution in [3.8, 4) is 11.3 Å². The SMILES string of the molecule is CCc1cc(Nc2nccn3c(-c4cn(C5CCC5)nc4C(F)(F)F)cnc23)ccc1C(=O)NCCOCCCN. The molecule has 1 aromatic carbocycles. The van der Waals surface area contributed by atoms with Gasteiger partial charge in [-0.05, 0) is 62.4 Å². The predicted octanol–water partition coefficient (Wildman–Crippen LogP) is 4.74. The molecule has 1 saturated carbocycles. The standard InChI is InChI=1S/C28H33F3N8O2/c1-2-18-15-19(7-8-21(18)27(40)34-11-14-41-13-4-9-32)36-25-26-35-16-23(38(26)12-10-33-25)22-17-39(20-5-3-6-20)37-24(22)28(29,30)31/h7-8,10,12,15-17,20H,2-6,9,11,13-14,32H2,1H3,(H,33,36)(H,34,40). The lowest BCUT2D eigenvalue weighted by molar-refractivity contribution is -0.141. The summed E-state index contributed by atoms with van der Waals surface area (Å²) in [5, 5.41) is 9.98. The van der Waals surface area contributed by atoms with Crippen LogP contribution in [0, 0.1) is 0 Å². The smallest absolute Gasteiger partial charge is 0.380 e. The fourth-order valence-electron chi connectivity index (χ4n) is 4.78. The Bertz CT molecular complexity index is 1510. The van der Waals surface area contributed by atoms with Gasteiger partial charge in [0.25, 0.3) is 5.91 Å². The van der Waals surface area contributed by atoms with Crippen LogP contribution < -0.4 is 16.4 Å². The molecular weight excluding hydrogens is 537 g/mol. The van der Waals surface area contributed by atoms with Gasteiger partial charge in [0.15, 0.2) is 17.2 Å². The van der Waals surface area contributed by atoms with Crippen LogP contribution in [0.5, 0.6) is 0 Å². The summed E-state index contributed by atoms with van der Waals surface area (Å²) in [7, 11) is 0. The number of aromatic nitrogens is 5. The number of benzene rings is 1. The van der Waals surface area contributed by atoms with E-state index in [0.29, 0.717) is 55.4 Å².